The SMILES string of the molecule is C#CCC(CC1CN(C)CCN1C)NC. The van der Waals surface area contributed by atoms with Crippen molar-refractivity contribution in [2.75, 3.05) is 40.8 Å². The number of piperazine rings is 1. The van der Waals surface area contributed by atoms with Crippen molar-refractivity contribution in [3.8, 4) is 12.3 Å². The Morgan fingerprint density at radius 2 is 2.20 bits per heavy atom. The molecule has 3 heteroatoms. The van der Waals surface area contributed by atoms with Gasteiger partial charge in [0.15, 0.2) is 0 Å². The highest BCUT2D eigenvalue weighted by Crippen LogP contribution is 2.12. The van der Waals surface area contributed by atoms with Gasteiger partial charge >= 0.3 is 0 Å². The highest BCUT2D eigenvalue weighted by atomic mass is 15.3. The second-order valence-corrected chi connectivity index (χ2v) is 4.53. The lowest BCUT2D eigenvalue weighted by Crippen LogP contribution is -2.51. The van der Waals surface area contributed by atoms with E-state index in [-0.39, 0.29) is 0 Å². The van der Waals surface area contributed by atoms with Crippen LogP contribution in [0.25, 0.3) is 0 Å². The average Bonchev–Trinajstić information content (AvgIpc) is 2.22. The van der Waals surface area contributed by atoms with Gasteiger partial charge in [0.1, 0.15) is 0 Å². The summed E-state index contributed by atoms with van der Waals surface area (Å²) in [6.45, 7) is 3.49. The fourth-order valence-corrected chi connectivity index (χ4v) is 2.13. The minimum atomic E-state index is 0.453. The maximum atomic E-state index is 5.36. The Balaban J connectivity index is 2.43. The smallest absolute Gasteiger partial charge is 0.0241 e. The maximum Gasteiger partial charge on any atom is 0.0241 e. The number of likely N-dealkylation sites (N-methyl/N-ethyl adjacent to an activating group) is 2. The fourth-order valence-electron chi connectivity index (χ4n) is 2.13. The van der Waals surface area contributed by atoms with E-state index in [0.29, 0.717) is 12.1 Å². The van der Waals surface area contributed by atoms with Crippen LogP contribution in [0.1, 0.15) is 12.8 Å². The van der Waals surface area contributed by atoms with Crippen LogP contribution in [0.5, 0.6) is 0 Å². The van der Waals surface area contributed by atoms with E-state index in [9.17, 15) is 0 Å². The van der Waals surface area contributed by atoms with Crippen molar-refractivity contribution in [1.82, 2.24) is 15.1 Å². The third kappa shape index (κ3) is 3.83. The molecular weight excluding hydrogens is 186 g/mol. The van der Waals surface area contributed by atoms with Crippen LogP contribution < -0.4 is 5.32 Å². The Bertz CT molecular complexity index is 221. The summed E-state index contributed by atoms with van der Waals surface area (Å²) in [5, 5.41) is 3.30. The summed E-state index contributed by atoms with van der Waals surface area (Å²) in [4.78, 5) is 4.84. The summed E-state index contributed by atoms with van der Waals surface area (Å²) < 4.78 is 0. The topological polar surface area (TPSA) is 18.5 Å². The molecule has 1 aliphatic heterocycles. The molecule has 2 atom stereocenters. The lowest BCUT2D eigenvalue weighted by atomic mass is 10.0. The van der Waals surface area contributed by atoms with E-state index in [1.165, 1.54) is 6.54 Å². The van der Waals surface area contributed by atoms with Crippen LogP contribution >= 0.6 is 0 Å². The van der Waals surface area contributed by atoms with E-state index in [4.69, 9.17) is 6.42 Å². The average molecular weight is 209 g/mol. The van der Waals surface area contributed by atoms with Crippen molar-refractivity contribution < 1.29 is 0 Å². The van der Waals surface area contributed by atoms with Crippen LogP contribution in [-0.2, 0) is 0 Å². The van der Waals surface area contributed by atoms with E-state index >= 15 is 0 Å². The van der Waals surface area contributed by atoms with Gasteiger partial charge in [0.2, 0.25) is 0 Å². The molecule has 1 saturated heterocycles. The minimum absolute atomic E-state index is 0.453. The molecule has 0 aromatic carbocycles. The van der Waals surface area contributed by atoms with Gasteiger partial charge in [-0.25, -0.2) is 0 Å². The van der Waals surface area contributed by atoms with Gasteiger partial charge in [-0.3, -0.25) is 0 Å². The molecule has 0 aliphatic carbocycles. The number of nitrogens with one attached hydrogen (secondary N) is 1. The van der Waals surface area contributed by atoms with Gasteiger partial charge in [-0.05, 0) is 27.6 Å². The quantitative estimate of drug-likeness (QED) is 0.669. The Labute approximate surface area is 93.8 Å². The lowest BCUT2D eigenvalue weighted by molar-refractivity contribution is 0.102. The molecule has 0 aromatic heterocycles. The van der Waals surface area contributed by atoms with Crippen LogP contribution in [-0.4, -0.2) is 62.7 Å². The van der Waals surface area contributed by atoms with Gasteiger partial charge in [-0.2, -0.15) is 0 Å². The van der Waals surface area contributed by atoms with Crippen molar-refractivity contribution in [3.05, 3.63) is 0 Å². The zero-order chi connectivity index (χ0) is 11.3. The summed E-state index contributed by atoms with van der Waals surface area (Å²) in [6, 6.07) is 1.09. The van der Waals surface area contributed by atoms with Crippen LogP contribution in [0.15, 0.2) is 0 Å². The predicted octanol–water partition coefficient (Wildman–Crippen LogP) is 0.234. The Kier molecular flexibility index (Phi) is 5.10. The van der Waals surface area contributed by atoms with Gasteiger partial charge in [0.05, 0.1) is 0 Å². The van der Waals surface area contributed by atoms with Gasteiger partial charge in [-0.15, -0.1) is 12.3 Å². The summed E-state index contributed by atoms with van der Waals surface area (Å²) in [5.74, 6) is 2.74. The normalized spacial score (nSPS) is 26.1. The first-order valence-corrected chi connectivity index (χ1v) is 5.67. The van der Waals surface area contributed by atoms with Gasteiger partial charge < -0.3 is 15.1 Å². The Hall–Kier alpha value is -0.560. The van der Waals surface area contributed by atoms with E-state index in [1.54, 1.807) is 0 Å². The molecule has 86 valence electrons. The van der Waals surface area contributed by atoms with Crippen molar-refractivity contribution in [2.45, 2.75) is 24.9 Å². The first-order chi connectivity index (χ1) is 7.17. The molecule has 1 rings (SSSR count). The first-order valence-electron chi connectivity index (χ1n) is 5.67. The van der Waals surface area contributed by atoms with E-state index in [0.717, 1.165) is 25.9 Å². The Morgan fingerprint density at radius 3 is 2.80 bits per heavy atom. The van der Waals surface area contributed by atoms with Crippen LogP contribution in [0.2, 0.25) is 0 Å². The monoisotopic (exact) mass is 209 g/mol. The molecule has 0 aromatic rings. The second kappa shape index (κ2) is 6.12. The van der Waals surface area contributed by atoms with Crippen molar-refractivity contribution in [1.29, 1.82) is 0 Å². The standard InChI is InChI=1S/C12H23N3/c1-5-6-11(13-2)9-12-10-14(3)7-8-15(12)4/h1,11-13H,6-10H2,2-4H3. The van der Waals surface area contributed by atoms with Crippen LogP contribution in [0.4, 0.5) is 0 Å². The summed E-state index contributed by atoms with van der Waals surface area (Å²) in [5.41, 5.74) is 0. The molecular formula is C12H23N3. The van der Waals surface area contributed by atoms with E-state index < -0.39 is 0 Å². The second-order valence-electron chi connectivity index (χ2n) is 4.53. The largest absolute Gasteiger partial charge is 0.316 e. The highest BCUT2D eigenvalue weighted by molar-refractivity contribution is 4.92. The third-order valence-corrected chi connectivity index (χ3v) is 3.31. The van der Waals surface area contributed by atoms with E-state index in [2.05, 4.69) is 35.1 Å². The molecule has 1 heterocycles. The highest BCUT2D eigenvalue weighted by Gasteiger charge is 2.24. The zero-order valence-electron chi connectivity index (χ0n) is 10.2. The molecule has 0 spiro atoms. The summed E-state index contributed by atoms with van der Waals surface area (Å²) in [6.07, 6.45) is 7.32. The maximum absolute atomic E-state index is 5.36. The number of nitrogens with zero attached hydrogens (tertiary/aromatic N) is 2. The molecule has 0 saturated carbocycles. The van der Waals surface area contributed by atoms with E-state index in [1.807, 2.05) is 7.05 Å². The van der Waals surface area contributed by atoms with Crippen molar-refractivity contribution in [3.63, 3.8) is 0 Å². The molecule has 1 fully saturated rings. The van der Waals surface area contributed by atoms with Crippen molar-refractivity contribution in [2.24, 2.45) is 0 Å². The molecule has 3 nitrogen and oxygen atoms in total. The fraction of sp³-hybridized carbons (Fsp3) is 0.833. The van der Waals surface area contributed by atoms with Gasteiger partial charge in [-0.1, -0.05) is 0 Å². The molecule has 2 unspecified atom stereocenters. The summed E-state index contributed by atoms with van der Waals surface area (Å²) in [7, 11) is 6.39. The number of hydrogen-bond acceptors (Lipinski definition) is 3. The number of hydrogen-bond donors (Lipinski definition) is 1. The molecule has 0 bridgehead atoms. The predicted molar refractivity (Wildman–Crippen MR) is 64.8 cm³/mol. The Morgan fingerprint density at radius 1 is 1.47 bits per heavy atom. The zero-order valence-corrected chi connectivity index (χ0v) is 10.2. The van der Waals surface area contributed by atoms with Gasteiger partial charge in [0, 0.05) is 38.1 Å². The number of rotatable bonds is 4. The first kappa shape index (κ1) is 12.5. The van der Waals surface area contributed by atoms with Crippen LogP contribution in [0, 0.1) is 12.3 Å². The van der Waals surface area contributed by atoms with Crippen molar-refractivity contribution >= 4 is 0 Å². The molecule has 0 amide bonds. The molecule has 15 heavy (non-hydrogen) atoms. The third-order valence-electron chi connectivity index (χ3n) is 3.31. The minimum Gasteiger partial charge on any atom is -0.316 e. The lowest BCUT2D eigenvalue weighted by Gasteiger charge is -2.39. The summed E-state index contributed by atoms with van der Waals surface area (Å²) >= 11 is 0. The molecule has 1 N–H and O–H groups in total. The number of terminal acetylenes is 1. The molecule has 1 aliphatic rings. The van der Waals surface area contributed by atoms with Crippen LogP contribution in [0.3, 0.4) is 0 Å². The van der Waals surface area contributed by atoms with Gasteiger partial charge in [0.25, 0.3) is 0 Å². The molecule has 0 radical (unpaired) electrons.